The van der Waals surface area contributed by atoms with Gasteiger partial charge in [-0.05, 0) is 25.8 Å². The van der Waals surface area contributed by atoms with E-state index >= 15 is 0 Å². The fourth-order valence-electron chi connectivity index (χ4n) is 1.71. The molecule has 2 aliphatic rings. The minimum atomic E-state index is 1.01. The Morgan fingerprint density at radius 2 is 2.29 bits per heavy atom. The van der Waals surface area contributed by atoms with Gasteiger partial charge in [-0.25, -0.2) is 0 Å². The van der Waals surface area contributed by atoms with Crippen LogP contribution in [-0.4, -0.2) is 24.5 Å². The van der Waals surface area contributed by atoms with Gasteiger partial charge in [0, 0.05) is 12.6 Å². The molecular formula is C6H11N. The lowest BCUT2D eigenvalue weighted by Gasteiger charge is -2.54. The maximum atomic E-state index is 2.45. The topological polar surface area (TPSA) is 3.24 Å². The van der Waals surface area contributed by atoms with Gasteiger partial charge in [0.2, 0.25) is 0 Å². The molecule has 0 aromatic rings. The predicted octanol–water partition coefficient (Wildman–Crippen LogP) is 0.710. The summed E-state index contributed by atoms with van der Waals surface area (Å²) in [6.07, 6.45) is 2.98. The maximum absolute atomic E-state index is 2.45. The van der Waals surface area contributed by atoms with E-state index in [0.717, 1.165) is 12.0 Å². The zero-order valence-corrected chi connectivity index (χ0v) is 4.72. The van der Waals surface area contributed by atoms with Crippen LogP contribution < -0.4 is 0 Å². The first-order valence-electron chi connectivity index (χ1n) is 3.08. The molecule has 0 aromatic heterocycles. The number of hydrogen-bond donors (Lipinski definition) is 0. The fraction of sp³-hybridized carbons (Fsp3) is 1.00. The second kappa shape index (κ2) is 1.03. The van der Waals surface area contributed by atoms with Crippen molar-refractivity contribution in [1.29, 1.82) is 0 Å². The summed E-state index contributed by atoms with van der Waals surface area (Å²) in [5.74, 6) is 1.12. The molecule has 2 atom stereocenters. The highest BCUT2D eigenvalue weighted by atomic mass is 15.2. The first kappa shape index (κ1) is 3.90. The Labute approximate surface area is 44.3 Å². The molecule has 1 nitrogen and oxygen atoms in total. The lowest BCUT2D eigenvalue weighted by atomic mass is 9.72. The Balaban J connectivity index is 1.99. The Bertz CT molecular complexity index is 86.2. The molecule has 2 rings (SSSR count). The van der Waals surface area contributed by atoms with Crippen molar-refractivity contribution in [2.45, 2.75) is 18.9 Å². The zero-order valence-electron chi connectivity index (χ0n) is 4.72. The molecule has 1 unspecified atom stereocenters. The van der Waals surface area contributed by atoms with Crippen LogP contribution in [0.3, 0.4) is 0 Å². The summed E-state index contributed by atoms with van der Waals surface area (Å²) in [6.45, 7) is 1.38. The molecule has 0 N–H and O–H groups in total. The number of likely N-dealkylation sites (tertiary alicyclic amines) is 1. The van der Waals surface area contributed by atoms with E-state index in [0.29, 0.717) is 0 Å². The summed E-state index contributed by atoms with van der Waals surface area (Å²) in [7, 11) is 2.22. The molecule has 7 heavy (non-hydrogen) atoms. The molecule has 0 amide bonds. The van der Waals surface area contributed by atoms with Crippen LogP contribution in [0.5, 0.6) is 0 Å². The zero-order chi connectivity index (χ0) is 4.85. The van der Waals surface area contributed by atoms with Crippen molar-refractivity contribution in [3.8, 4) is 0 Å². The average Bonchev–Trinajstić information content (AvgIpc) is 1.59. The van der Waals surface area contributed by atoms with Crippen LogP contribution in [0, 0.1) is 5.92 Å². The van der Waals surface area contributed by atoms with Crippen LogP contribution in [0.25, 0.3) is 0 Å². The van der Waals surface area contributed by atoms with Gasteiger partial charge in [0.1, 0.15) is 0 Å². The van der Waals surface area contributed by atoms with E-state index in [9.17, 15) is 0 Å². The quantitative estimate of drug-likeness (QED) is 0.430. The van der Waals surface area contributed by atoms with E-state index < -0.39 is 0 Å². The molecule has 0 bridgehead atoms. The summed E-state index contributed by atoms with van der Waals surface area (Å²) in [4.78, 5) is 2.45. The summed E-state index contributed by atoms with van der Waals surface area (Å²) in [5, 5.41) is 0. The van der Waals surface area contributed by atoms with Crippen LogP contribution in [0.2, 0.25) is 0 Å². The minimum absolute atomic E-state index is 1.01. The molecular weight excluding hydrogens is 86.1 g/mol. The minimum Gasteiger partial charge on any atom is -0.303 e. The molecule has 0 aromatic carbocycles. The van der Waals surface area contributed by atoms with Crippen molar-refractivity contribution >= 4 is 0 Å². The number of rotatable bonds is 0. The monoisotopic (exact) mass is 97.1 g/mol. The Kier molecular flexibility index (Phi) is 0.571. The molecule has 1 saturated carbocycles. The van der Waals surface area contributed by atoms with E-state index in [2.05, 4.69) is 11.9 Å². The van der Waals surface area contributed by atoms with E-state index in [-0.39, 0.29) is 0 Å². The molecule has 1 aliphatic heterocycles. The maximum Gasteiger partial charge on any atom is 0.0133 e. The van der Waals surface area contributed by atoms with Gasteiger partial charge in [0.15, 0.2) is 0 Å². The number of fused-ring (bicyclic) bond motifs is 1. The van der Waals surface area contributed by atoms with E-state index in [1.165, 1.54) is 19.4 Å². The first-order valence-corrected chi connectivity index (χ1v) is 3.08. The molecule has 1 heterocycles. The highest BCUT2D eigenvalue weighted by Crippen LogP contribution is 2.39. The number of piperidine rings is 1. The van der Waals surface area contributed by atoms with Crippen molar-refractivity contribution in [3.05, 3.63) is 0 Å². The Morgan fingerprint density at radius 1 is 1.43 bits per heavy atom. The number of nitrogens with zero attached hydrogens (tertiary/aromatic N) is 1. The second-order valence-electron chi connectivity index (χ2n) is 2.84. The second-order valence-corrected chi connectivity index (χ2v) is 2.84. The molecule has 0 radical (unpaired) electrons. The molecule has 1 aliphatic carbocycles. The van der Waals surface area contributed by atoms with Crippen molar-refractivity contribution in [1.82, 2.24) is 4.90 Å². The lowest BCUT2D eigenvalue weighted by Crippen LogP contribution is -2.59. The molecule has 40 valence electrons. The van der Waals surface area contributed by atoms with Gasteiger partial charge in [-0.15, -0.1) is 0 Å². The molecule has 0 spiro atoms. The van der Waals surface area contributed by atoms with Crippen molar-refractivity contribution in [2.75, 3.05) is 13.6 Å². The van der Waals surface area contributed by atoms with Gasteiger partial charge >= 0.3 is 0 Å². The summed E-state index contributed by atoms with van der Waals surface area (Å²) < 4.78 is 0. The standard InChI is InChI=1S/C6H11N/c1-7-4-5-2-3-6(5)7/h5-6H,2-4H2,1H3/t5?,6-/m1/s1. The average molecular weight is 97.2 g/mol. The highest BCUT2D eigenvalue weighted by Gasteiger charge is 2.42. The molecule has 2 fully saturated rings. The Hall–Kier alpha value is -0.0400. The van der Waals surface area contributed by atoms with Gasteiger partial charge < -0.3 is 4.90 Å². The summed E-state index contributed by atoms with van der Waals surface area (Å²) >= 11 is 0. The third-order valence-corrected chi connectivity index (χ3v) is 2.47. The highest BCUT2D eigenvalue weighted by molar-refractivity contribution is 4.97. The van der Waals surface area contributed by atoms with Crippen molar-refractivity contribution in [2.24, 2.45) is 5.92 Å². The third-order valence-electron chi connectivity index (χ3n) is 2.47. The van der Waals surface area contributed by atoms with Crippen LogP contribution in [0.1, 0.15) is 12.8 Å². The van der Waals surface area contributed by atoms with Crippen LogP contribution in [-0.2, 0) is 0 Å². The number of hydrogen-bond acceptors (Lipinski definition) is 1. The normalized spacial score (nSPS) is 49.3. The summed E-state index contributed by atoms with van der Waals surface area (Å²) in [5.41, 5.74) is 0. The van der Waals surface area contributed by atoms with Crippen molar-refractivity contribution in [3.63, 3.8) is 0 Å². The van der Waals surface area contributed by atoms with Gasteiger partial charge in [0.25, 0.3) is 0 Å². The van der Waals surface area contributed by atoms with Crippen molar-refractivity contribution < 1.29 is 0 Å². The van der Waals surface area contributed by atoms with E-state index in [1.54, 1.807) is 0 Å². The lowest BCUT2D eigenvalue weighted by molar-refractivity contribution is -0.0381. The third kappa shape index (κ3) is 0.325. The van der Waals surface area contributed by atoms with Crippen LogP contribution >= 0.6 is 0 Å². The Morgan fingerprint density at radius 3 is 2.29 bits per heavy atom. The smallest absolute Gasteiger partial charge is 0.0133 e. The van der Waals surface area contributed by atoms with E-state index in [1.807, 2.05) is 0 Å². The van der Waals surface area contributed by atoms with Crippen LogP contribution in [0.15, 0.2) is 0 Å². The largest absolute Gasteiger partial charge is 0.303 e. The van der Waals surface area contributed by atoms with E-state index in [4.69, 9.17) is 0 Å². The van der Waals surface area contributed by atoms with Gasteiger partial charge in [-0.3, -0.25) is 0 Å². The summed E-state index contributed by atoms with van der Waals surface area (Å²) in [6, 6.07) is 1.01. The fourth-order valence-corrected chi connectivity index (χ4v) is 1.71. The SMILES string of the molecule is CN1CC2CC[C@H]21. The van der Waals surface area contributed by atoms with Gasteiger partial charge in [-0.2, -0.15) is 0 Å². The molecule has 1 heteroatoms. The first-order chi connectivity index (χ1) is 3.38. The molecule has 1 saturated heterocycles. The van der Waals surface area contributed by atoms with Gasteiger partial charge in [-0.1, -0.05) is 0 Å². The predicted molar refractivity (Wildman–Crippen MR) is 29.1 cm³/mol. The van der Waals surface area contributed by atoms with Gasteiger partial charge in [0.05, 0.1) is 0 Å². The van der Waals surface area contributed by atoms with Crippen LogP contribution in [0.4, 0.5) is 0 Å².